The average molecular weight is 640 g/mol. The molecule has 0 spiro atoms. The van der Waals surface area contributed by atoms with Gasteiger partial charge in [-0.2, -0.15) is 16.8 Å². The molecule has 0 heterocycles. The molecular formula is C32H25N5O6S2. The zero-order valence-electron chi connectivity index (χ0n) is 23.3. The first-order valence-electron chi connectivity index (χ1n) is 13.5. The lowest BCUT2D eigenvalue weighted by molar-refractivity contribution is 0.481. The molecule has 0 aliphatic heterocycles. The lowest BCUT2D eigenvalue weighted by atomic mass is 10.1. The molecule has 6 aromatic carbocycles. The van der Waals surface area contributed by atoms with Gasteiger partial charge in [0.2, 0.25) is 0 Å². The molecule has 6 rings (SSSR count). The minimum Gasteiger partial charge on any atom is -0.355 e. The molecule has 0 aromatic heterocycles. The van der Waals surface area contributed by atoms with Crippen molar-refractivity contribution in [2.75, 3.05) is 16.2 Å². The number of hydrogen-bond acceptors (Lipinski definition) is 9. The van der Waals surface area contributed by atoms with E-state index in [1.807, 2.05) is 54.6 Å². The fraction of sp³-hybridized carbons (Fsp3) is 0. The van der Waals surface area contributed by atoms with Gasteiger partial charge in [0.1, 0.15) is 4.90 Å². The van der Waals surface area contributed by atoms with Crippen molar-refractivity contribution in [3.8, 4) is 0 Å². The Kier molecular flexibility index (Phi) is 7.91. The number of hydrogen-bond donors (Lipinski definition) is 5. The van der Waals surface area contributed by atoms with Gasteiger partial charge >= 0.3 is 0 Å². The van der Waals surface area contributed by atoms with Crippen LogP contribution in [0, 0.1) is 0 Å². The lowest BCUT2D eigenvalue weighted by Gasteiger charge is -2.14. The van der Waals surface area contributed by atoms with Crippen molar-refractivity contribution in [1.29, 1.82) is 0 Å². The second-order valence-corrected chi connectivity index (χ2v) is 12.7. The Bertz CT molecular complexity index is 2300. The molecule has 5 N–H and O–H groups in total. The van der Waals surface area contributed by atoms with Crippen LogP contribution in [0.4, 0.5) is 34.1 Å². The fourth-order valence-corrected chi connectivity index (χ4v) is 6.09. The normalized spacial score (nSPS) is 12.0. The van der Waals surface area contributed by atoms with Crippen molar-refractivity contribution >= 4 is 75.9 Å². The molecule has 0 aliphatic rings. The van der Waals surface area contributed by atoms with Crippen molar-refractivity contribution in [2.24, 2.45) is 10.2 Å². The van der Waals surface area contributed by atoms with E-state index >= 15 is 0 Å². The molecule has 11 nitrogen and oxygen atoms in total. The number of fused-ring (bicyclic) bond motifs is 2. The number of para-hydroxylation sites is 1. The Morgan fingerprint density at radius 3 is 1.76 bits per heavy atom. The zero-order valence-corrected chi connectivity index (χ0v) is 24.9. The average Bonchev–Trinajstić information content (AvgIpc) is 3.03. The Morgan fingerprint density at radius 2 is 1.09 bits per heavy atom. The van der Waals surface area contributed by atoms with E-state index in [0.717, 1.165) is 16.5 Å². The standard InChI is InChI=1S/C32H25N5O6S2/c38-44(39,40)23-15-13-22(14-16-23)34-35-27-17-18-28(25-10-5-4-9-24(25)27)36-37-29-19-20-30(33-21-7-2-1-3-8-21)32-26(29)11-6-12-31(32)45(41,42)43/h1-20,33-35H,(H,38,39,40)(H,41,42,43). The molecule has 0 fully saturated rings. The molecule has 0 radical (unpaired) electrons. The number of hydrazine groups is 1. The van der Waals surface area contributed by atoms with Crippen molar-refractivity contribution in [1.82, 2.24) is 0 Å². The highest BCUT2D eigenvalue weighted by molar-refractivity contribution is 7.86. The first-order valence-corrected chi connectivity index (χ1v) is 16.3. The molecule has 0 atom stereocenters. The predicted molar refractivity (Wildman–Crippen MR) is 175 cm³/mol. The quantitative estimate of drug-likeness (QED) is 0.0596. The summed E-state index contributed by atoms with van der Waals surface area (Å²) in [5, 5.41) is 14.6. The summed E-state index contributed by atoms with van der Waals surface area (Å²) in [6.07, 6.45) is 0. The van der Waals surface area contributed by atoms with E-state index in [4.69, 9.17) is 0 Å². The van der Waals surface area contributed by atoms with E-state index in [1.54, 1.807) is 30.3 Å². The number of rotatable bonds is 9. The van der Waals surface area contributed by atoms with Gasteiger partial charge < -0.3 is 16.2 Å². The second kappa shape index (κ2) is 12.0. The largest absolute Gasteiger partial charge is 0.355 e. The lowest BCUT2D eigenvalue weighted by Crippen LogP contribution is -2.09. The number of nitrogens with zero attached hydrogens (tertiary/aromatic N) is 2. The molecular weight excluding hydrogens is 615 g/mol. The van der Waals surface area contributed by atoms with Gasteiger partial charge in [0.15, 0.2) is 0 Å². The Labute approximate surface area is 258 Å². The third kappa shape index (κ3) is 6.46. The molecule has 0 saturated heterocycles. The Morgan fingerprint density at radius 1 is 0.489 bits per heavy atom. The minimum atomic E-state index is -4.56. The van der Waals surface area contributed by atoms with Crippen molar-refractivity contribution in [3.63, 3.8) is 0 Å². The number of azo groups is 1. The summed E-state index contributed by atoms with van der Waals surface area (Å²) in [5.41, 5.74) is 9.57. The van der Waals surface area contributed by atoms with Crippen molar-refractivity contribution < 1.29 is 25.9 Å². The molecule has 0 unspecified atom stereocenters. The summed E-state index contributed by atoms with van der Waals surface area (Å²) in [7, 11) is -8.85. The van der Waals surface area contributed by atoms with E-state index in [9.17, 15) is 25.9 Å². The highest BCUT2D eigenvalue weighted by Crippen LogP contribution is 2.39. The highest BCUT2D eigenvalue weighted by atomic mass is 32.2. The molecule has 0 aliphatic carbocycles. The SMILES string of the molecule is O=S(=O)(O)c1ccc(NNc2ccc(N=Nc3ccc(Nc4ccccc4)c4c(S(=O)(=O)O)cccc34)c3ccccc23)cc1. The van der Waals surface area contributed by atoms with Crippen LogP contribution >= 0.6 is 0 Å². The van der Waals surface area contributed by atoms with Gasteiger partial charge in [-0.05, 0) is 66.7 Å². The topological polar surface area (TPSA) is 170 Å². The second-order valence-electron chi connectivity index (χ2n) is 9.90. The maximum atomic E-state index is 12.3. The van der Waals surface area contributed by atoms with Crippen LogP contribution in [0.2, 0.25) is 0 Å². The van der Waals surface area contributed by atoms with E-state index in [-0.39, 0.29) is 15.2 Å². The van der Waals surface area contributed by atoms with Crippen molar-refractivity contribution in [3.05, 3.63) is 121 Å². The van der Waals surface area contributed by atoms with Crippen LogP contribution in [0.1, 0.15) is 0 Å². The molecule has 0 amide bonds. The Balaban J connectivity index is 1.34. The molecule has 226 valence electrons. The van der Waals surface area contributed by atoms with Gasteiger partial charge in [-0.1, -0.05) is 54.6 Å². The van der Waals surface area contributed by atoms with Crippen LogP contribution in [0.5, 0.6) is 0 Å². The van der Waals surface area contributed by atoms with Crippen LogP contribution in [-0.2, 0) is 20.2 Å². The van der Waals surface area contributed by atoms with Crippen LogP contribution in [0.15, 0.2) is 141 Å². The molecule has 13 heteroatoms. The van der Waals surface area contributed by atoms with Crippen LogP contribution < -0.4 is 16.2 Å². The maximum Gasteiger partial charge on any atom is 0.295 e. The minimum absolute atomic E-state index is 0.211. The number of benzene rings is 6. The molecule has 0 bridgehead atoms. The number of nitrogens with one attached hydrogen (secondary N) is 3. The smallest absolute Gasteiger partial charge is 0.295 e. The van der Waals surface area contributed by atoms with E-state index in [2.05, 4.69) is 26.4 Å². The summed E-state index contributed by atoms with van der Waals surface area (Å²) in [4.78, 5) is -0.464. The van der Waals surface area contributed by atoms with Crippen molar-refractivity contribution in [2.45, 2.75) is 9.79 Å². The van der Waals surface area contributed by atoms with E-state index in [1.165, 1.54) is 36.4 Å². The molecule has 6 aromatic rings. The van der Waals surface area contributed by atoms with Gasteiger partial charge in [0.25, 0.3) is 20.2 Å². The predicted octanol–water partition coefficient (Wildman–Crippen LogP) is 8.08. The van der Waals surface area contributed by atoms with Gasteiger partial charge in [-0.25, -0.2) is 0 Å². The van der Waals surface area contributed by atoms with E-state index < -0.39 is 20.2 Å². The monoisotopic (exact) mass is 639 g/mol. The first kappa shape index (κ1) is 29.7. The van der Waals surface area contributed by atoms with Crippen LogP contribution in [0.3, 0.4) is 0 Å². The third-order valence-electron chi connectivity index (χ3n) is 6.97. The molecule has 0 saturated carbocycles. The van der Waals surface area contributed by atoms with Gasteiger partial charge in [0.05, 0.1) is 27.6 Å². The summed E-state index contributed by atoms with van der Waals surface area (Å²) < 4.78 is 66.5. The first-order chi connectivity index (χ1) is 21.6. The van der Waals surface area contributed by atoms with Gasteiger partial charge in [-0.3, -0.25) is 9.11 Å². The molecule has 45 heavy (non-hydrogen) atoms. The fourth-order valence-electron chi connectivity index (χ4n) is 4.88. The Hall–Kier alpha value is -5.34. The van der Waals surface area contributed by atoms with E-state index in [0.29, 0.717) is 33.8 Å². The summed E-state index contributed by atoms with van der Waals surface area (Å²) in [5.74, 6) is 0. The summed E-state index contributed by atoms with van der Waals surface area (Å²) in [6.45, 7) is 0. The maximum absolute atomic E-state index is 12.3. The van der Waals surface area contributed by atoms with Crippen LogP contribution in [-0.4, -0.2) is 25.9 Å². The van der Waals surface area contributed by atoms with Crippen LogP contribution in [0.25, 0.3) is 21.5 Å². The highest BCUT2D eigenvalue weighted by Gasteiger charge is 2.19. The third-order valence-corrected chi connectivity index (χ3v) is 8.73. The number of anilines is 4. The summed E-state index contributed by atoms with van der Waals surface area (Å²) >= 11 is 0. The summed E-state index contributed by atoms with van der Waals surface area (Å²) in [6, 6.07) is 34.0. The zero-order chi connectivity index (χ0) is 31.6. The van der Waals surface area contributed by atoms with Gasteiger partial charge in [-0.15, -0.1) is 10.2 Å². The van der Waals surface area contributed by atoms with Gasteiger partial charge in [0, 0.05) is 32.9 Å².